The van der Waals surface area contributed by atoms with E-state index in [1.54, 1.807) is 12.1 Å². The number of aliphatic hydroxyl groups is 1. The van der Waals surface area contributed by atoms with Crippen molar-refractivity contribution in [3.8, 4) is 0 Å². The van der Waals surface area contributed by atoms with Crippen LogP contribution < -0.4 is 5.32 Å². The van der Waals surface area contributed by atoms with Crippen LogP contribution in [0.1, 0.15) is 18.5 Å². The van der Waals surface area contributed by atoms with Crippen molar-refractivity contribution in [1.29, 1.82) is 0 Å². The molecule has 1 aromatic rings. The Morgan fingerprint density at radius 3 is 2.62 bits per heavy atom. The fourth-order valence-electron chi connectivity index (χ4n) is 1.87. The molecule has 1 aliphatic heterocycles. The fourth-order valence-corrected chi connectivity index (χ4v) is 1.87. The molecule has 1 fully saturated rings. The summed E-state index contributed by atoms with van der Waals surface area (Å²) in [5.41, 5.74) is 1.00. The monoisotopic (exact) mass is 225 g/mol. The van der Waals surface area contributed by atoms with E-state index in [2.05, 4.69) is 5.32 Å². The summed E-state index contributed by atoms with van der Waals surface area (Å²) in [5.74, 6) is -0.236. The molecule has 2 rings (SSSR count). The van der Waals surface area contributed by atoms with Crippen molar-refractivity contribution in [3.05, 3.63) is 35.6 Å². The van der Waals surface area contributed by atoms with E-state index in [9.17, 15) is 9.50 Å². The summed E-state index contributed by atoms with van der Waals surface area (Å²) in [5, 5.41) is 12.8. The highest BCUT2D eigenvalue weighted by atomic mass is 19.1. The van der Waals surface area contributed by atoms with E-state index in [0.29, 0.717) is 13.2 Å². The lowest BCUT2D eigenvalue weighted by molar-refractivity contribution is 0.121. The van der Waals surface area contributed by atoms with Gasteiger partial charge in [0.05, 0.1) is 25.4 Å². The number of rotatable bonds is 3. The van der Waals surface area contributed by atoms with Gasteiger partial charge in [0.25, 0.3) is 0 Å². The molecule has 0 amide bonds. The minimum atomic E-state index is -0.456. The van der Waals surface area contributed by atoms with Crippen molar-refractivity contribution >= 4 is 0 Å². The van der Waals surface area contributed by atoms with Crippen LogP contribution in [0.4, 0.5) is 4.39 Å². The maximum absolute atomic E-state index is 12.7. The lowest BCUT2D eigenvalue weighted by Gasteiger charge is -2.21. The number of aliphatic hydroxyl groups excluding tert-OH is 1. The lowest BCUT2D eigenvalue weighted by Crippen LogP contribution is -2.40. The minimum Gasteiger partial charge on any atom is -0.389 e. The lowest BCUT2D eigenvalue weighted by atomic mass is 10.1. The highest BCUT2D eigenvalue weighted by Crippen LogP contribution is 2.16. The molecular weight excluding hydrogens is 209 g/mol. The molecule has 0 spiro atoms. The van der Waals surface area contributed by atoms with Crippen LogP contribution in [0.2, 0.25) is 0 Å². The van der Waals surface area contributed by atoms with Crippen LogP contribution in [0.25, 0.3) is 0 Å². The third-order valence-electron chi connectivity index (χ3n) is 2.88. The quantitative estimate of drug-likeness (QED) is 0.813. The molecule has 0 radical (unpaired) electrons. The third-order valence-corrected chi connectivity index (χ3v) is 2.88. The van der Waals surface area contributed by atoms with Gasteiger partial charge in [0.15, 0.2) is 0 Å². The Hall–Kier alpha value is -0.970. The number of halogens is 1. The van der Waals surface area contributed by atoms with Crippen LogP contribution in [-0.2, 0) is 4.74 Å². The molecule has 1 saturated heterocycles. The van der Waals surface area contributed by atoms with E-state index in [1.807, 2.05) is 6.92 Å². The van der Waals surface area contributed by atoms with Gasteiger partial charge in [-0.1, -0.05) is 12.1 Å². The van der Waals surface area contributed by atoms with Crippen LogP contribution in [0.5, 0.6) is 0 Å². The normalized spacial score (nSPS) is 26.9. The molecule has 0 aromatic heterocycles. The molecule has 1 aromatic carbocycles. The van der Waals surface area contributed by atoms with Gasteiger partial charge in [-0.15, -0.1) is 0 Å². The smallest absolute Gasteiger partial charge is 0.123 e. The van der Waals surface area contributed by atoms with E-state index in [4.69, 9.17) is 4.74 Å². The Kier molecular flexibility index (Phi) is 3.53. The van der Waals surface area contributed by atoms with Crippen LogP contribution in [0.3, 0.4) is 0 Å². The highest BCUT2D eigenvalue weighted by molar-refractivity contribution is 5.19. The Labute approximate surface area is 94.2 Å². The van der Waals surface area contributed by atoms with Gasteiger partial charge >= 0.3 is 0 Å². The van der Waals surface area contributed by atoms with Crippen LogP contribution in [0.15, 0.2) is 24.3 Å². The molecule has 88 valence electrons. The summed E-state index contributed by atoms with van der Waals surface area (Å²) in [6, 6.07) is 6.40. The highest BCUT2D eigenvalue weighted by Gasteiger charge is 2.27. The molecule has 0 aliphatic carbocycles. The van der Waals surface area contributed by atoms with Crippen molar-refractivity contribution in [2.75, 3.05) is 13.2 Å². The van der Waals surface area contributed by atoms with Crippen molar-refractivity contribution < 1.29 is 14.2 Å². The van der Waals surface area contributed by atoms with Crippen molar-refractivity contribution in [2.45, 2.75) is 25.1 Å². The zero-order chi connectivity index (χ0) is 11.5. The van der Waals surface area contributed by atoms with Gasteiger partial charge in [-0.3, -0.25) is 0 Å². The van der Waals surface area contributed by atoms with Gasteiger partial charge < -0.3 is 15.2 Å². The van der Waals surface area contributed by atoms with Gasteiger partial charge in [0.1, 0.15) is 5.82 Å². The zero-order valence-corrected chi connectivity index (χ0v) is 9.19. The second kappa shape index (κ2) is 4.91. The SMILES string of the molecule is CC(NC1COCC1O)c1ccc(F)cc1. The van der Waals surface area contributed by atoms with Crippen LogP contribution >= 0.6 is 0 Å². The van der Waals surface area contributed by atoms with E-state index in [1.165, 1.54) is 12.1 Å². The van der Waals surface area contributed by atoms with Crippen molar-refractivity contribution in [3.63, 3.8) is 0 Å². The molecule has 16 heavy (non-hydrogen) atoms. The molecule has 1 heterocycles. The summed E-state index contributed by atoms with van der Waals surface area (Å²) >= 11 is 0. The Bertz CT molecular complexity index is 341. The van der Waals surface area contributed by atoms with Gasteiger partial charge in [-0.2, -0.15) is 0 Å². The predicted octanol–water partition coefficient (Wildman–Crippen LogP) is 1.24. The first-order valence-corrected chi connectivity index (χ1v) is 5.44. The predicted molar refractivity (Wildman–Crippen MR) is 58.6 cm³/mol. The maximum atomic E-state index is 12.7. The Morgan fingerprint density at radius 1 is 1.38 bits per heavy atom. The number of ether oxygens (including phenoxy) is 1. The fraction of sp³-hybridized carbons (Fsp3) is 0.500. The second-order valence-corrected chi connectivity index (χ2v) is 4.15. The first-order valence-electron chi connectivity index (χ1n) is 5.44. The number of nitrogens with one attached hydrogen (secondary N) is 1. The van der Waals surface area contributed by atoms with E-state index in [-0.39, 0.29) is 17.9 Å². The number of benzene rings is 1. The Morgan fingerprint density at radius 2 is 2.06 bits per heavy atom. The molecule has 3 atom stereocenters. The standard InChI is InChI=1S/C12H16FNO2/c1-8(9-2-4-10(13)5-3-9)14-11-6-16-7-12(11)15/h2-5,8,11-12,14-15H,6-7H2,1H3. The average molecular weight is 225 g/mol. The van der Waals surface area contributed by atoms with Gasteiger partial charge in [0, 0.05) is 6.04 Å². The number of hydrogen-bond donors (Lipinski definition) is 2. The van der Waals surface area contributed by atoms with E-state index in [0.717, 1.165) is 5.56 Å². The van der Waals surface area contributed by atoms with Crippen LogP contribution in [-0.4, -0.2) is 30.5 Å². The van der Waals surface area contributed by atoms with Crippen LogP contribution in [0, 0.1) is 5.82 Å². The molecule has 4 heteroatoms. The molecule has 1 aliphatic rings. The largest absolute Gasteiger partial charge is 0.389 e. The zero-order valence-electron chi connectivity index (χ0n) is 9.19. The van der Waals surface area contributed by atoms with Crippen molar-refractivity contribution in [2.24, 2.45) is 0 Å². The summed E-state index contributed by atoms with van der Waals surface area (Å²) in [4.78, 5) is 0. The molecule has 0 saturated carbocycles. The topological polar surface area (TPSA) is 41.5 Å². The summed E-state index contributed by atoms with van der Waals surface area (Å²) in [6.07, 6.45) is -0.456. The van der Waals surface area contributed by atoms with E-state index >= 15 is 0 Å². The minimum absolute atomic E-state index is 0.0416. The molecular formula is C12H16FNO2. The maximum Gasteiger partial charge on any atom is 0.123 e. The molecule has 3 unspecified atom stereocenters. The van der Waals surface area contributed by atoms with Gasteiger partial charge in [0.2, 0.25) is 0 Å². The number of hydrogen-bond acceptors (Lipinski definition) is 3. The Balaban J connectivity index is 1.97. The van der Waals surface area contributed by atoms with E-state index < -0.39 is 6.10 Å². The first kappa shape index (κ1) is 11.5. The molecule has 0 bridgehead atoms. The first-order chi connectivity index (χ1) is 7.66. The second-order valence-electron chi connectivity index (χ2n) is 4.15. The summed E-state index contributed by atoms with van der Waals surface area (Å²) in [7, 11) is 0. The van der Waals surface area contributed by atoms with Gasteiger partial charge in [-0.05, 0) is 24.6 Å². The molecule has 2 N–H and O–H groups in total. The average Bonchev–Trinajstić information content (AvgIpc) is 2.65. The van der Waals surface area contributed by atoms with Gasteiger partial charge in [-0.25, -0.2) is 4.39 Å². The third kappa shape index (κ3) is 2.58. The molecule has 3 nitrogen and oxygen atoms in total. The summed E-state index contributed by atoms with van der Waals surface area (Å²) < 4.78 is 17.9. The van der Waals surface area contributed by atoms with Crippen molar-refractivity contribution in [1.82, 2.24) is 5.32 Å². The summed E-state index contributed by atoms with van der Waals surface area (Å²) in [6.45, 7) is 2.89.